The number of aryl methyl sites for hydroxylation is 2. The minimum Gasteiger partial charge on any atom is -0.418 e. The second kappa shape index (κ2) is 10.8. The number of hydrogen-bond acceptors (Lipinski definition) is 3. The van der Waals surface area contributed by atoms with Gasteiger partial charge in [-0.1, -0.05) is 0 Å². The van der Waals surface area contributed by atoms with Crippen LogP contribution in [0.15, 0.2) is 18.7 Å². The van der Waals surface area contributed by atoms with Gasteiger partial charge in [0.1, 0.15) is 12.4 Å². The van der Waals surface area contributed by atoms with Crippen LogP contribution in [0.1, 0.15) is 20.8 Å². The Bertz CT molecular complexity index is 412. The van der Waals surface area contributed by atoms with Crippen molar-refractivity contribution in [2.45, 2.75) is 33.4 Å². The summed E-state index contributed by atoms with van der Waals surface area (Å²) in [6, 6.07) is 0.803. The molecule has 0 atom stereocenters. The Labute approximate surface area is 135 Å². The summed E-state index contributed by atoms with van der Waals surface area (Å²) >= 11 is 0. The Morgan fingerprint density at radius 3 is 1.74 bits per heavy atom. The Balaban J connectivity index is 0.000000841. The molecule has 23 heavy (non-hydrogen) atoms. The molecule has 1 aromatic heterocycles. The summed E-state index contributed by atoms with van der Waals surface area (Å²) in [5, 5.41) is 0. The fourth-order valence-corrected chi connectivity index (χ4v) is 4.44. The van der Waals surface area contributed by atoms with E-state index in [1.54, 1.807) is 0 Å². The van der Waals surface area contributed by atoms with Crippen molar-refractivity contribution in [2.75, 3.05) is 19.8 Å². The van der Waals surface area contributed by atoms with Crippen molar-refractivity contribution in [3.63, 3.8) is 0 Å². The van der Waals surface area contributed by atoms with E-state index in [1.165, 1.54) is 0 Å². The van der Waals surface area contributed by atoms with Crippen LogP contribution in [0.25, 0.3) is 0 Å². The third-order valence-corrected chi connectivity index (χ3v) is 5.61. The number of hydrogen-bond donors (Lipinski definition) is 0. The van der Waals surface area contributed by atoms with E-state index in [0.29, 0.717) is 19.8 Å². The topological polar surface area (TPSA) is 36.5 Å². The van der Waals surface area contributed by atoms with Gasteiger partial charge in [0.05, 0.1) is 19.6 Å². The summed E-state index contributed by atoms with van der Waals surface area (Å²) in [6.07, 6.45) is 6.11. The lowest BCUT2D eigenvalue weighted by atomic mass is 10.3. The molecule has 0 saturated carbocycles. The van der Waals surface area contributed by atoms with Crippen molar-refractivity contribution < 1.29 is 35.1 Å². The van der Waals surface area contributed by atoms with Crippen LogP contribution in [0, 0.1) is 0 Å². The van der Waals surface area contributed by atoms with Crippen LogP contribution in [-0.4, -0.2) is 40.4 Å². The maximum atomic E-state index is 9.75. The summed E-state index contributed by atoms with van der Waals surface area (Å²) < 4.78 is 60.6. The SMILES string of the molecule is CCO[Si](CCn1cc[n+](C)c1)(OCC)OCC.F[B-](F)(F)F. The Morgan fingerprint density at radius 2 is 1.43 bits per heavy atom. The molecule has 0 spiro atoms. The molecule has 0 N–H and O–H groups in total. The Kier molecular flexibility index (Phi) is 10.4. The monoisotopic (exact) mass is 360 g/mol. The zero-order valence-electron chi connectivity index (χ0n) is 14.0. The highest BCUT2D eigenvalue weighted by atomic mass is 28.4. The first-order chi connectivity index (χ1) is 10.7. The molecule has 0 radical (unpaired) electrons. The highest BCUT2D eigenvalue weighted by Gasteiger charge is 2.40. The maximum absolute atomic E-state index is 9.75. The van der Waals surface area contributed by atoms with Crippen LogP contribution in [0.2, 0.25) is 6.04 Å². The van der Waals surface area contributed by atoms with Crippen LogP contribution >= 0.6 is 0 Å². The molecule has 0 bridgehead atoms. The minimum absolute atomic E-state index is 0.631. The van der Waals surface area contributed by atoms with E-state index in [1.807, 2.05) is 51.1 Å². The van der Waals surface area contributed by atoms with Crippen molar-refractivity contribution >= 4 is 16.1 Å². The molecular weight excluding hydrogens is 335 g/mol. The molecule has 1 aromatic rings. The molecule has 0 unspecified atom stereocenters. The summed E-state index contributed by atoms with van der Waals surface area (Å²) in [7, 11) is -6.49. The molecule has 0 aromatic carbocycles. The highest BCUT2D eigenvalue weighted by Crippen LogP contribution is 2.17. The maximum Gasteiger partial charge on any atom is 0.673 e. The van der Waals surface area contributed by atoms with Crippen molar-refractivity contribution in [3.05, 3.63) is 18.7 Å². The smallest absolute Gasteiger partial charge is 0.418 e. The zero-order chi connectivity index (χ0) is 17.9. The normalized spacial score (nSPS) is 12.0. The van der Waals surface area contributed by atoms with Crippen molar-refractivity contribution in [2.24, 2.45) is 7.05 Å². The van der Waals surface area contributed by atoms with E-state index in [2.05, 4.69) is 4.57 Å². The van der Waals surface area contributed by atoms with E-state index in [0.717, 1.165) is 12.6 Å². The number of rotatable bonds is 9. The second-order valence-electron chi connectivity index (χ2n) is 4.54. The van der Waals surface area contributed by atoms with Crippen molar-refractivity contribution in [3.8, 4) is 0 Å². The van der Waals surface area contributed by atoms with Crippen molar-refractivity contribution in [1.29, 1.82) is 0 Å². The first-order valence-electron chi connectivity index (χ1n) is 7.46. The molecule has 0 saturated heterocycles. The number of imidazole rings is 1. The van der Waals surface area contributed by atoms with E-state index in [-0.39, 0.29) is 0 Å². The first kappa shape index (κ1) is 22.1. The van der Waals surface area contributed by atoms with Gasteiger partial charge in [-0.2, -0.15) is 0 Å². The molecule has 0 aliphatic rings. The summed E-state index contributed by atoms with van der Waals surface area (Å²) in [5.41, 5.74) is 0. The van der Waals surface area contributed by atoms with E-state index >= 15 is 0 Å². The minimum atomic E-state index is -6.00. The van der Waals surface area contributed by atoms with Gasteiger partial charge in [0, 0.05) is 19.8 Å². The second-order valence-corrected chi connectivity index (χ2v) is 7.28. The zero-order valence-corrected chi connectivity index (χ0v) is 15.0. The molecule has 5 nitrogen and oxygen atoms in total. The third kappa shape index (κ3) is 11.3. The lowest BCUT2D eigenvalue weighted by molar-refractivity contribution is -0.671. The molecule has 0 fully saturated rings. The van der Waals surface area contributed by atoms with Gasteiger partial charge in [-0.25, -0.2) is 9.13 Å². The van der Waals surface area contributed by atoms with Crippen LogP contribution < -0.4 is 4.57 Å². The van der Waals surface area contributed by atoms with Gasteiger partial charge in [-0.15, -0.1) is 0 Å². The van der Waals surface area contributed by atoms with Gasteiger partial charge in [-0.3, -0.25) is 0 Å². The van der Waals surface area contributed by atoms with Gasteiger partial charge in [-0.05, 0) is 20.8 Å². The lowest BCUT2D eigenvalue weighted by Crippen LogP contribution is -2.46. The van der Waals surface area contributed by atoms with Crippen LogP contribution in [0.5, 0.6) is 0 Å². The van der Waals surface area contributed by atoms with Gasteiger partial charge >= 0.3 is 16.1 Å². The molecular formula is C12H25BF4N2O3Si. The fourth-order valence-electron chi connectivity index (χ4n) is 1.90. The summed E-state index contributed by atoms with van der Waals surface area (Å²) in [6.45, 7) is 8.69. The van der Waals surface area contributed by atoms with E-state index < -0.39 is 16.1 Å². The van der Waals surface area contributed by atoms with Crippen LogP contribution in [-0.2, 0) is 26.9 Å². The highest BCUT2D eigenvalue weighted by molar-refractivity contribution is 6.60. The van der Waals surface area contributed by atoms with Gasteiger partial charge in [0.2, 0.25) is 6.33 Å². The molecule has 1 heterocycles. The number of aromatic nitrogens is 2. The predicted octanol–water partition coefficient (Wildman–Crippen LogP) is 2.66. The molecule has 0 aliphatic carbocycles. The Hall–Kier alpha value is -0.908. The van der Waals surface area contributed by atoms with Crippen LogP contribution in [0.4, 0.5) is 17.3 Å². The van der Waals surface area contributed by atoms with Gasteiger partial charge in [0.25, 0.3) is 0 Å². The molecule has 0 amide bonds. The van der Waals surface area contributed by atoms with Crippen LogP contribution in [0.3, 0.4) is 0 Å². The van der Waals surface area contributed by atoms with Gasteiger partial charge < -0.3 is 30.5 Å². The third-order valence-electron chi connectivity index (χ3n) is 2.59. The van der Waals surface area contributed by atoms with E-state index in [4.69, 9.17) is 13.3 Å². The fraction of sp³-hybridized carbons (Fsp3) is 0.750. The predicted molar refractivity (Wildman–Crippen MR) is 81.2 cm³/mol. The molecule has 0 aliphatic heterocycles. The molecule has 11 heteroatoms. The quantitative estimate of drug-likeness (QED) is 0.386. The lowest BCUT2D eigenvalue weighted by Gasteiger charge is -2.27. The average molecular weight is 360 g/mol. The van der Waals surface area contributed by atoms with E-state index in [9.17, 15) is 17.3 Å². The number of halogens is 4. The van der Waals surface area contributed by atoms with Crippen molar-refractivity contribution in [1.82, 2.24) is 4.57 Å². The molecule has 1 rings (SSSR count). The standard InChI is InChI=1S/C12H25N2O3Si.BF4/c1-5-15-18(16-6-2,17-7-3)11-10-14-9-8-13(4)12-14;2-1(3,4)5/h8-9,12H,5-7,10-11H2,1-4H3;/q+1;-1. The number of nitrogens with zero attached hydrogens (tertiary/aromatic N) is 2. The average Bonchev–Trinajstić information content (AvgIpc) is 2.81. The summed E-state index contributed by atoms with van der Waals surface area (Å²) in [5.74, 6) is 0. The molecule has 136 valence electrons. The van der Waals surface area contributed by atoms with Gasteiger partial charge in [0.15, 0.2) is 0 Å². The first-order valence-corrected chi connectivity index (χ1v) is 9.39. The largest absolute Gasteiger partial charge is 0.673 e. The summed E-state index contributed by atoms with van der Waals surface area (Å²) in [4.78, 5) is 0. The Morgan fingerprint density at radius 1 is 1.00 bits per heavy atom.